The van der Waals surface area contributed by atoms with Gasteiger partial charge in [0, 0.05) is 19.1 Å². The number of carbonyl (C=O) groups excluding carboxylic acids is 2. The summed E-state index contributed by atoms with van der Waals surface area (Å²) >= 11 is 0. The first-order valence-corrected chi connectivity index (χ1v) is 7.43. The second-order valence-corrected chi connectivity index (χ2v) is 6.79. The number of ether oxygens (including phenoxy) is 3. The van der Waals surface area contributed by atoms with Gasteiger partial charge < -0.3 is 14.2 Å². The number of hydrogen-bond acceptors (Lipinski definition) is 5. The number of methoxy groups -OCH3 is 1. The SMILES string of the molecule is COC(=O)[C@@H]1[C@H]2CCO[C@@H](C)[C@H]2CN1C(=O)OC(C)(C)C. The molecule has 0 aliphatic carbocycles. The predicted octanol–water partition coefficient (Wildman–Crippen LogP) is 1.82. The van der Waals surface area contributed by atoms with Crippen LogP contribution in [0.25, 0.3) is 0 Å². The van der Waals surface area contributed by atoms with Crippen LogP contribution in [0.1, 0.15) is 34.1 Å². The Morgan fingerprint density at radius 1 is 1.24 bits per heavy atom. The fourth-order valence-electron chi connectivity index (χ4n) is 3.25. The Labute approximate surface area is 125 Å². The van der Waals surface area contributed by atoms with E-state index in [1.807, 2.05) is 27.7 Å². The van der Waals surface area contributed by atoms with Gasteiger partial charge in [-0.1, -0.05) is 0 Å². The quantitative estimate of drug-likeness (QED) is 0.691. The van der Waals surface area contributed by atoms with Crippen molar-refractivity contribution in [2.45, 2.75) is 51.9 Å². The van der Waals surface area contributed by atoms with E-state index in [2.05, 4.69) is 0 Å². The number of rotatable bonds is 1. The summed E-state index contributed by atoms with van der Waals surface area (Å²) in [6.45, 7) is 8.51. The van der Waals surface area contributed by atoms with Crippen LogP contribution < -0.4 is 0 Å². The number of amides is 1. The van der Waals surface area contributed by atoms with Crippen molar-refractivity contribution in [3.8, 4) is 0 Å². The third-order valence-electron chi connectivity index (χ3n) is 4.20. The third-order valence-corrected chi connectivity index (χ3v) is 4.20. The van der Waals surface area contributed by atoms with Gasteiger partial charge in [0.15, 0.2) is 0 Å². The average molecular weight is 299 g/mol. The van der Waals surface area contributed by atoms with Gasteiger partial charge in [-0.3, -0.25) is 4.90 Å². The van der Waals surface area contributed by atoms with Gasteiger partial charge in [0.05, 0.1) is 13.2 Å². The molecule has 4 atom stereocenters. The van der Waals surface area contributed by atoms with Crippen LogP contribution in [0.5, 0.6) is 0 Å². The molecule has 120 valence electrons. The van der Waals surface area contributed by atoms with Crippen LogP contribution in [0.15, 0.2) is 0 Å². The lowest BCUT2D eigenvalue weighted by Crippen LogP contribution is -2.46. The molecule has 6 heteroatoms. The largest absolute Gasteiger partial charge is 0.467 e. The lowest BCUT2D eigenvalue weighted by atomic mass is 9.83. The van der Waals surface area contributed by atoms with E-state index in [0.717, 1.165) is 6.42 Å². The normalized spacial score (nSPS) is 32.5. The van der Waals surface area contributed by atoms with Gasteiger partial charge in [0.25, 0.3) is 0 Å². The highest BCUT2D eigenvalue weighted by molar-refractivity contribution is 5.82. The number of carbonyl (C=O) groups is 2. The molecule has 0 saturated carbocycles. The molecule has 2 saturated heterocycles. The smallest absolute Gasteiger partial charge is 0.411 e. The summed E-state index contributed by atoms with van der Waals surface area (Å²) in [5.41, 5.74) is -0.590. The van der Waals surface area contributed by atoms with Crippen molar-refractivity contribution in [3.05, 3.63) is 0 Å². The summed E-state index contributed by atoms with van der Waals surface area (Å²) in [6, 6.07) is -0.568. The van der Waals surface area contributed by atoms with Crippen molar-refractivity contribution in [2.24, 2.45) is 11.8 Å². The monoisotopic (exact) mass is 299 g/mol. The molecule has 2 heterocycles. The summed E-state index contributed by atoms with van der Waals surface area (Å²) in [7, 11) is 1.35. The molecule has 0 aromatic rings. The molecule has 2 rings (SSSR count). The van der Waals surface area contributed by atoms with Crippen LogP contribution in [0.4, 0.5) is 4.79 Å². The Kier molecular flexibility index (Phi) is 4.46. The first-order valence-electron chi connectivity index (χ1n) is 7.43. The summed E-state index contributed by atoms with van der Waals surface area (Å²) in [5, 5.41) is 0. The topological polar surface area (TPSA) is 65.1 Å². The van der Waals surface area contributed by atoms with E-state index in [1.165, 1.54) is 12.0 Å². The van der Waals surface area contributed by atoms with E-state index in [1.54, 1.807) is 0 Å². The van der Waals surface area contributed by atoms with Crippen LogP contribution in [0.3, 0.4) is 0 Å². The molecule has 2 aliphatic heterocycles. The third kappa shape index (κ3) is 3.31. The van der Waals surface area contributed by atoms with Crippen molar-refractivity contribution in [2.75, 3.05) is 20.3 Å². The molecule has 2 fully saturated rings. The molecule has 2 aliphatic rings. The minimum absolute atomic E-state index is 0.0309. The first-order chi connectivity index (χ1) is 9.74. The van der Waals surface area contributed by atoms with Gasteiger partial charge in [-0.2, -0.15) is 0 Å². The Balaban J connectivity index is 2.22. The molecule has 0 N–H and O–H groups in total. The number of hydrogen-bond donors (Lipinski definition) is 0. The van der Waals surface area contributed by atoms with Gasteiger partial charge >= 0.3 is 12.1 Å². The molecule has 1 amide bonds. The zero-order chi connectivity index (χ0) is 15.8. The van der Waals surface area contributed by atoms with Crippen LogP contribution in [-0.2, 0) is 19.0 Å². The molecule has 0 spiro atoms. The number of likely N-dealkylation sites (tertiary alicyclic amines) is 1. The van der Waals surface area contributed by atoms with Crippen molar-refractivity contribution in [3.63, 3.8) is 0 Å². The number of fused-ring (bicyclic) bond motifs is 1. The molecule has 21 heavy (non-hydrogen) atoms. The number of nitrogens with zero attached hydrogens (tertiary/aromatic N) is 1. The minimum atomic E-state index is -0.590. The maximum Gasteiger partial charge on any atom is 0.411 e. The van der Waals surface area contributed by atoms with E-state index in [4.69, 9.17) is 14.2 Å². The molecule has 0 unspecified atom stereocenters. The highest BCUT2D eigenvalue weighted by Crippen LogP contribution is 2.39. The molecule has 0 aromatic heterocycles. The van der Waals surface area contributed by atoms with Crippen molar-refractivity contribution in [1.29, 1.82) is 0 Å². The van der Waals surface area contributed by atoms with Crippen molar-refractivity contribution >= 4 is 12.1 Å². The minimum Gasteiger partial charge on any atom is -0.467 e. The van der Waals surface area contributed by atoms with Crippen molar-refractivity contribution in [1.82, 2.24) is 4.90 Å². The molecule has 6 nitrogen and oxygen atoms in total. The Hall–Kier alpha value is -1.30. The maximum absolute atomic E-state index is 12.4. The van der Waals surface area contributed by atoms with Crippen LogP contribution in [-0.4, -0.2) is 55.0 Å². The Morgan fingerprint density at radius 2 is 1.90 bits per heavy atom. The lowest BCUT2D eigenvalue weighted by molar-refractivity contribution is -0.148. The Morgan fingerprint density at radius 3 is 2.48 bits per heavy atom. The summed E-state index contributed by atoms with van der Waals surface area (Å²) in [6.07, 6.45) is 0.330. The molecular weight excluding hydrogens is 274 g/mol. The van der Waals surface area contributed by atoms with E-state index in [9.17, 15) is 9.59 Å². The highest BCUT2D eigenvalue weighted by Gasteiger charge is 2.52. The second kappa shape index (κ2) is 5.83. The van der Waals surface area contributed by atoms with E-state index >= 15 is 0 Å². The summed E-state index contributed by atoms with van der Waals surface area (Å²) in [4.78, 5) is 26.1. The van der Waals surface area contributed by atoms with Gasteiger partial charge in [0.1, 0.15) is 11.6 Å². The fraction of sp³-hybridized carbons (Fsp3) is 0.867. The summed E-state index contributed by atoms with van der Waals surface area (Å²) in [5.74, 6) is -0.147. The molecule has 0 aromatic carbocycles. The van der Waals surface area contributed by atoms with Gasteiger partial charge in [0.2, 0.25) is 0 Å². The van der Waals surface area contributed by atoms with Crippen LogP contribution in [0.2, 0.25) is 0 Å². The molecule has 0 radical (unpaired) electrons. The van der Waals surface area contributed by atoms with E-state index in [0.29, 0.717) is 13.2 Å². The van der Waals surface area contributed by atoms with Crippen molar-refractivity contribution < 1.29 is 23.8 Å². The van der Waals surface area contributed by atoms with Gasteiger partial charge in [-0.25, -0.2) is 9.59 Å². The zero-order valence-corrected chi connectivity index (χ0v) is 13.4. The van der Waals surface area contributed by atoms with E-state index < -0.39 is 17.7 Å². The van der Waals surface area contributed by atoms with Gasteiger partial charge in [-0.05, 0) is 40.0 Å². The summed E-state index contributed by atoms with van der Waals surface area (Å²) < 4.78 is 16.0. The zero-order valence-electron chi connectivity index (χ0n) is 13.4. The lowest BCUT2D eigenvalue weighted by Gasteiger charge is -2.32. The molecule has 0 bridgehead atoms. The van der Waals surface area contributed by atoms with E-state index in [-0.39, 0.29) is 23.9 Å². The van der Waals surface area contributed by atoms with Crippen LogP contribution in [0, 0.1) is 11.8 Å². The standard InChI is InChI=1S/C15H25NO5/c1-9-11-8-16(14(18)21-15(2,3)4)12(13(17)19-5)10(11)6-7-20-9/h9-12H,6-8H2,1-5H3/t9-,10-,11+,12-/m0/s1. The van der Waals surface area contributed by atoms with Crippen LogP contribution >= 0.6 is 0 Å². The predicted molar refractivity (Wildman–Crippen MR) is 75.8 cm³/mol. The highest BCUT2D eigenvalue weighted by atomic mass is 16.6. The second-order valence-electron chi connectivity index (χ2n) is 6.79. The number of esters is 1. The maximum atomic E-state index is 12.4. The first kappa shape index (κ1) is 16.1. The fourth-order valence-corrected chi connectivity index (χ4v) is 3.25. The average Bonchev–Trinajstić information content (AvgIpc) is 2.77. The Bertz CT molecular complexity index is 417. The molecular formula is C15H25NO5. The van der Waals surface area contributed by atoms with Gasteiger partial charge in [-0.15, -0.1) is 0 Å².